The van der Waals surface area contributed by atoms with Gasteiger partial charge in [-0.3, -0.25) is 0 Å². The molecule has 0 unspecified atom stereocenters. The molecule has 0 heterocycles. The van der Waals surface area contributed by atoms with Crippen LogP contribution in [0.25, 0.3) is 0 Å². The van der Waals surface area contributed by atoms with Gasteiger partial charge in [0.25, 0.3) is 0 Å². The second-order valence-electron chi connectivity index (χ2n) is 2.87. The molecular weight excluding hydrogens is 208 g/mol. The van der Waals surface area contributed by atoms with Crippen LogP contribution in [-0.2, 0) is 9.47 Å². The van der Waals surface area contributed by atoms with Gasteiger partial charge in [0.05, 0.1) is 24.0 Å². The van der Waals surface area contributed by atoms with Crippen LogP contribution in [0.1, 0.15) is 27.6 Å². The Bertz CT molecular complexity index is 392. The van der Waals surface area contributed by atoms with E-state index in [1.165, 1.54) is 24.3 Å². The molecule has 84 valence electrons. The van der Waals surface area contributed by atoms with Gasteiger partial charge in [-0.05, 0) is 31.2 Å². The maximum absolute atomic E-state index is 11.3. The number of ether oxygens (including phenoxy) is 2. The first-order valence-electron chi connectivity index (χ1n) is 4.78. The summed E-state index contributed by atoms with van der Waals surface area (Å²) in [6, 6.07) is 6.02. The molecule has 4 nitrogen and oxygen atoms in total. The van der Waals surface area contributed by atoms with Crippen LogP contribution in [0.4, 0.5) is 0 Å². The monoisotopic (exact) mass is 220 g/mol. The molecule has 0 aliphatic heterocycles. The van der Waals surface area contributed by atoms with Crippen LogP contribution in [0.2, 0.25) is 0 Å². The second kappa shape index (κ2) is 5.70. The standard InChI is InChI=1S/C12H12O4/c1-3-15-11(13)9-5-7-10(8-6-9)12(14)16-4-2/h3,5-8H,1,4H2,2H3. The fraction of sp³-hybridized carbons (Fsp3) is 0.167. The molecule has 1 rings (SSSR count). The Labute approximate surface area is 93.5 Å². The molecule has 16 heavy (non-hydrogen) atoms. The molecule has 0 aromatic heterocycles. The maximum atomic E-state index is 11.3. The average molecular weight is 220 g/mol. The Morgan fingerprint density at radius 3 is 2.12 bits per heavy atom. The molecule has 1 aromatic rings. The molecule has 0 fully saturated rings. The van der Waals surface area contributed by atoms with Crippen molar-refractivity contribution in [1.82, 2.24) is 0 Å². The minimum Gasteiger partial charge on any atom is -0.462 e. The number of hydrogen-bond acceptors (Lipinski definition) is 4. The summed E-state index contributed by atoms with van der Waals surface area (Å²) in [5.74, 6) is -0.920. The van der Waals surface area contributed by atoms with E-state index >= 15 is 0 Å². The molecule has 0 aliphatic carbocycles. The first-order chi connectivity index (χ1) is 7.69. The van der Waals surface area contributed by atoms with Gasteiger partial charge < -0.3 is 9.47 Å². The number of benzene rings is 1. The largest absolute Gasteiger partial charge is 0.462 e. The highest BCUT2D eigenvalue weighted by Crippen LogP contribution is 2.07. The highest BCUT2D eigenvalue weighted by Gasteiger charge is 2.09. The molecule has 0 radical (unpaired) electrons. The summed E-state index contributed by atoms with van der Waals surface area (Å²) < 4.78 is 9.39. The van der Waals surface area contributed by atoms with E-state index in [9.17, 15) is 9.59 Å². The molecule has 0 N–H and O–H groups in total. The summed E-state index contributed by atoms with van der Waals surface area (Å²) in [4.78, 5) is 22.5. The second-order valence-corrected chi connectivity index (χ2v) is 2.87. The predicted molar refractivity (Wildman–Crippen MR) is 58.0 cm³/mol. The summed E-state index contributed by atoms with van der Waals surface area (Å²) in [5.41, 5.74) is 0.755. The zero-order valence-corrected chi connectivity index (χ0v) is 8.93. The first kappa shape index (κ1) is 12.0. The van der Waals surface area contributed by atoms with Crippen molar-refractivity contribution >= 4 is 11.9 Å². The maximum Gasteiger partial charge on any atom is 0.342 e. The number of carbonyl (C=O) groups excluding carboxylic acids is 2. The zero-order chi connectivity index (χ0) is 12.0. The molecular formula is C12H12O4. The Hall–Kier alpha value is -2.10. The van der Waals surface area contributed by atoms with Crippen molar-refractivity contribution in [3.05, 3.63) is 48.2 Å². The lowest BCUT2D eigenvalue weighted by atomic mass is 10.1. The van der Waals surface area contributed by atoms with Crippen LogP contribution in [0.15, 0.2) is 37.1 Å². The van der Waals surface area contributed by atoms with Gasteiger partial charge in [0.2, 0.25) is 0 Å². The summed E-state index contributed by atoms with van der Waals surface area (Å²) in [5, 5.41) is 0. The van der Waals surface area contributed by atoms with Gasteiger partial charge in [0.15, 0.2) is 0 Å². The number of carbonyl (C=O) groups is 2. The van der Waals surface area contributed by atoms with Crippen molar-refractivity contribution in [2.75, 3.05) is 6.61 Å². The fourth-order valence-electron chi connectivity index (χ4n) is 1.10. The first-order valence-corrected chi connectivity index (χ1v) is 4.78. The molecule has 0 amide bonds. The molecule has 0 saturated heterocycles. The van der Waals surface area contributed by atoms with Gasteiger partial charge in [-0.1, -0.05) is 6.58 Å². The van der Waals surface area contributed by atoms with Crippen molar-refractivity contribution in [3.63, 3.8) is 0 Å². The number of rotatable bonds is 4. The Balaban J connectivity index is 2.78. The van der Waals surface area contributed by atoms with Crippen LogP contribution in [0.3, 0.4) is 0 Å². The molecule has 1 aromatic carbocycles. The summed E-state index contributed by atoms with van der Waals surface area (Å²) in [7, 11) is 0. The smallest absolute Gasteiger partial charge is 0.342 e. The lowest BCUT2D eigenvalue weighted by Gasteiger charge is -2.02. The Morgan fingerprint density at radius 2 is 1.69 bits per heavy atom. The summed E-state index contributed by atoms with van der Waals surface area (Å²) in [6.45, 7) is 5.33. The van der Waals surface area contributed by atoms with Crippen molar-refractivity contribution in [2.24, 2.45) is 0 Å². The van der Waals surface area contributed by atoms with Crippen molar-refractivity contribution in [2.45, 2.75) is 6.92 Å². The lowest BCUT2D eigenvalue weighted by molar-refractivity contribution is 0.0525. The van der Waals surface area contributed by atoms with Gasteiger partial charge in [-0.2, -0.15) is 0 Å². The van der Waals surface area contributed by atoms with E-state index in [1.807, 2.05) is 0 Å². The van der Waals surface area contributed by atoms with Gasteiger partial charge in [-0.25, -0.2) is 9.59 Å². The van der Waals surface area contributed by atoms with Gasteiger partial charge >= 0.3 is 11.9 Å². The van der Waals surface area contributed by atoms with E-state index in [1.54, 1.807) is 6.92 Å². The van der Waals surface area contributed by atoms with E-state index in [4.69, 9.17) is 4.74 Å². The van der Waals surface area contributed by atoms with Gasteiger partial charge in [-0.15, -0.1) is 0 Å². The van der Waals surface area contributed by atoms with Crippen LogP contribution in [-0.4, -0.2) is 18.5 Å². The number of hydrogen-bond donors (Lipinski definition) is 0. The van der Waals surface area contributed by atoms with Crippen molar-refractivity contribution < 1.29 is 19.1 Å². The predicted octanol–water partition coefficient (Wildman–Crippen LogP) is 2.16. The minimum absolute atomic E-state index is 0.319. The highest BCUT2D eigenvalue weighted by atomic mass is 16.5. The minimum atomic E-state index is -0.509. The van der Waals surface area contributed by atoms with Crippen molar-refractivity contribution in [1.29, 1.82) is 0 Å². The van der Waals surface area contributed by atoms with E-state index < -0.39 is 11.9 Å². The molecule has 0 bridgehead atoms. The van der Waals surface area contributed by atoms with E-state index in [-0.39, 0.29) is 0 Å². The molecule has 0 aliphatic rings. The molecule has 0 spiro atoms. The summed E-state index contributed by atoms with van der Waals surface area (Å²) >= 11 is 0. The fourth-order valence-corrected chi connectivity index (χ4v) is 1.10. The third kappa shape index (κ3) is 2.95. The van der Waals surface area contributed by atoms with Gasteiger partial charge in [0.1, 0.15) is 0 Å². The number of esters is 2. The topological polar surface area (TPSA) is 52.6 Å². The molecule has 4 heteroatoms. The SMILES string of the molecule is C=COC(=O)c1ccc(C(=O)OCC)cc1. The molecule has 0 atom stereocenters. The van der Waals surface area contributed by atoms with Crippen LogP contribution in [0, 0.1) is 0 Å². The summed E-state index contributed by atoms with van der Waals surface area (Å²) in [6.07, 6.45) is 1.06. The van der Waals surface area contributed by atoms with E-state index in [0.717, 1.165) is 6.26 Å². The van der Waals surface area contributed by atoms with Crippen molar-refractivity contribution in [3.8, 4) is 0 Å². The Morgan fingerprint density at radius 1 is 1.19 bits per heavy atom. The van der Waals surface area contributed by atoms with Gasteiger partial charge in [0, 0.05) is 0 Å². The van der Waals surface area contributed by atoms with E-state index in [2.05, 4.69) is 11.3 Å². The average Bonchev–Trinajstić information content (AvgIpc) is 2.30. The lowest BCUT2D eigenvalue weighted by Crippen LogP contribution is -2.06. The van der Waals surface area contributed by atoms with Crippen LogP contribution in [0.5, 0.6) is 0 Å². The van der Waals surface area contributed by atoms with Crippen LogP contribution >= 0.6 is 0 Å². The Kier molecular flexibility index (Phi) is 4.27. The third-order valence-corrected chi connectivity index (χ3v) is 1.82. The zero-order valence-electron chi connectivity index (χ0n) is 8.93. The third-order valence-electron chi connectivity index (χ3n) is 1.82. The van der Waals surface area contributed by atoms with Crippen LogP contribution < -0.4 is 0 Å². The molecule has 0 saturated carbocycles. The highest BCUT2D eigenvalue weighted by molar-refractivity contribution is 5.93. The normalized spacial score (nSPS) is 9.31. The quantitative estimate of drug-likeness (QED) is 0.576. The van der Waals surface area contributed by atoms with E-state index in [0.29, 0.717) is 17.7 Å².